The standard InChI is InChI=1S/C13H17FN2O4/c1-8(17)16-11(13(18)20-3)7-15-10-5-4-9(14)6-12(10)19-2/h4-6,11,15H,7H2,1-3H3,(H,16,17). The Morgan fingerprint density at radius 3 is 2.60 bits per heavy atom. The van der Waals surface area contributed by atoms with E-state index in [0.717, 1.165) is 0 Å². The zero-order valence-corrected chi connectivity index (χ0v) is 11.5. The maximum absolute atomic E-state index is 13.0. The SMILES string of the molecule is COC(=O)C(CNc1ccc(F)cc1OC)NC(C)=O. The van der Waals surface area contributed by atoms with Crippen molar-refractivity contribution < 1.29 is 23.5 Å². The van der Waals surface area contributed by atoms with Gasteiger partial charge in [-0.1, -0.05) is 0 Å². The van der Waals surface area contributed by atoms with Gasteiger partial charge in [-0.05, 0) is 12.1 Å². The van der Waals surface area contributed by atoms with Gasteiger partial charge in [-0.25, -0.2) is 9.18 Å². The van der Waals surface area contributed by atoms with E-state index in [-0.39, 0.29) is 12.5 Å². The Kier molecular flexibility index (Phi) is 5.76. The molecule has 0 radical (unpaired) electrons. The predicted molar refractivity (Wildman–Crippen MR) is 71.1 cm³/mol. The van der Waals surface area contributed by atoms with Crippen molar-refractivity contribution in [3.63, 3.8) is 0 Å². The second-order valence-electron chi connectivity index (χ2n) is 4.00. The van der Waals surface area contributed by atoms with Crippen LogP contribution in [0.25, 0.3) is 0 Å². The number of esters is 1. The van der Waals surface area contributed by atoms with Gasteiger partial charge >= 0.3 is 5.97 Å². The topological polar surface area (TPSA) is 76.7 Å². The summed E-state index contributed by atoms with van der Waals surface area (Å²) in [5.74, 6) is -1.06. The predicted octanol–water partition coefficient (Wildman–Crippen LogP) is 0.924. The van der Waals surface area contributed by atoms with Crippen LogP contribution in [0.5, 0.6) is 5.75 Å². The van der Waals surface area contributed by atoms with E-state index in [1.54, 1.807) is 0 Å². The smallest absolute Gasteiger partial charge is 0.330 e. The first-order chi connectivity index (χ1) is 9.47. The van der Waals surface area contributed by atoms with Crippen LogP contribution in [0.1, 0.15) is 6.92 Å². The van der Waals surface area contributed by atoms with E-state index in [2.05, 4.69) is 15.4 Å². The number of hydrogen-bond donors (Lipinski definition) is 2. The second-order valence-corrected chi connectivity index (χ2v) is 4.00. The van der Waals surface area contributed by atoms with Crippen molar-refractivity contribution in [1.82, 2.24) is 5.32 Å². The first-order valence-corrected chi connectivity index (χ1v) is 5.90. The number of rotatable bonds is 6. The molecule has 1 unspecified atom stereocenters. The van der Waals surface area contributed by atoms with Gasteiger partial charge in [-0.2, -0.15) is 0 Å². The van der Waals surface area contributed by atoms with E-state index >= 15 is 0 Å². The van der Waals surface area contributed by atoms with Gasteiger partial charge in [0, 0.05) is 19.5 Å². The fraction of sp³-hybridized carbons (Fsp3) is 0.385. The maximum atomic E-state index is 13.0. The highest BCUT2D eigenvalue weighted by molar-refractivity contribution is 5.83. The third kappa shape index (κ3) is 4.42. The monoisotopic (exact) mass is 284 g/mol. The van der Waals surface area contributed by atoms with Crippen molar-refractivity contribution in [2.24, 2.45) is 0 Å². The van der Waals surface area contributed by atoms with Crippen LogP contribution in [0, 0.1) is 5.82 Å². The van der Waals surface area contributed by atoms with Crippen LogP contribution < -0.4 is 15.4 Å². The van der Waals surface area contributed by atoms with Gasteiger partial charge in [0.05, 0.1) is 19.9 Å². The molecule has 0 bridgehead atoms. The zero-order chi connectivity index (χ0) is 15.1. The van der Waals surface area contributed by atoms with E-state index in [1.807, 2.05) is 0 Å². The highest BCUT2D eigenvalue weighted by atomic mass is 19.1. The van der Waals surface area contributed by atoms with Gasteiger partial charge in [0.15, 0.2) is 0 Å². The molecule has 1 aromatic carbocycles. The molecule has 6 nitrogen and oxygen atoms in total. The molecule has 0 fully saturated rings. The minimum atomic E-state index is -0.841. The first-order valence-electron chi connectivity index (χ1n) is 5.90. The first kappa shape index (κ1) is 15.7. The summed E-state index contributed by atoms with van der Waals surface area (Å²) < 4.78 is 22.7. The molecule has 0 aromatic heterocycles. The molecule has 0 aliphatic heterocycles. The molecular weight excluding hydrogens is 267 g/mol. The number of benzene rings is 1. The number of ether oxygens (including phenoxy) is 2. The Labute approximate surface area is 116 Å². The van der Waals surface area contributed by atoms with Crippen molar-refractivity contribution in [2.75, 3.05) is 26.1 Å². The second kappa shape index (κ2) is 7.32. The molecule has 1 rings (SSSR count). The van der Waals surface area contributed by atoms with Crippen LogP contribution >= 0.6 is 0 Å². The van der Waals surface area contributed by atoms with E-state index in [9.17, 15) is 14.0 Å². The van der Waals surface area contributed by atoms with Crippen LogP contribution in [-0.4, -0.2) is 38.7 Å². The van der Waals surface area contributed by atoms with Gasteiger partial charge in [0.2, 0.25) is 5.91 Å². The lowest BCUT2D eigenvalue weighted by Crippen LogP contribution is -2.45. The van der Waals surface area contributed by atoms with Crippen LogP contribution in [0.2, 0.25) is 0 Å². The molecule has 20 heavy (non-hydrogen) atoms. The van der Waals surface area contributed by atoms with Crippen molar-refractivity contribution in [1.29, 1.82) is 0 Å². The number of nitrogens with one attached hydrogen (secondary N) is 2. The molecule has 0 saturated heterocycles. The Hall–Kier alpha value is -2.31. The molecule has 0 aliphatic rings. The number of carbonyl (C=O) groups is 2. The third-order valence-corrected chi connectivity index (χ3v) is 2.52. The van der Waals surface area contributed by atoms with Gasteiger partial charge < -0.3 is 20.1 Å². The summed E-state index contributed by atoms with van der Waals surface area (Å²) in [6.45, 7) is 1.39. The van der Waals surface area contributed by atoms with Crippen LogP contribution in [-0.2, 0) is 14.3 Å². The molecule has 1 amide bonds. The Bertz CT molecular complexity index is 493. The number of anilines is 1. The van der Waals surface area contributed by atoms with E-state index < -0.39 is 17.8 Å². The van der Waals surface area contributed by atoms with Crippen molar-refractivity contribution in [3.05, 3.63) is 24.0 Å². The highest BCUT2D eigenvalue weighted by Crippen LogP contribution is 2.24. The van der Waals surface area contributed by atoms with Crippen molar-refractivity contribution >= 4 is 17.6 Å². The number of hydrogen-bond acceptors (Lipinski definition) is 5. The average molecular weight is 284 g/mol. The molecule has 1 aromatic rings. The lowest BCUT2D eigenvalue weighted by atomic mass is 10.2. The van der Waals surface area contributed by atoms with Gasteiger partial charge in [-0.15, -0.1) is 0 Å². The molecule has 0 spiro atoms. The highest BCUT2D eigenvalue weighted by Gasteiger charge is 2.20. The molecule has 0 aliphatic carbocycles. The summed E-state index contributed by atoms with van der Waals surface area (Å²) in [4.78, 5) is 22.5. The van der Waals surface area contributed by atoms with Gasteiger partial charge in [0.1, 0.15) is 17.6 Å². The minimum absolute atomic E-state index is 0.0915. The van der Waals surface area contributed by atoms with Crippen LogP contribution in [0.3, 0.4) is 0 Å². The largest absolute Gasteiger partial charge is 0.494 e. The van der Waals surface area contributed by atoms with Crippen LogP contribution in [0.15, 0.2) is 18.2 Å². The zero-order valence-electron chi connectivity index (χ0n) is 11.5. The molecule has 7 heteroatoms. The Morgan fingerprint density at radius 2 is 2.05 bits per heavy atom. The summed E-state index contributed by atoms with van der Waals surface area (Å²) >= 11 is 0. The van der Waals surface area contributed by atoms with Crippen LogP contribution in [0.4, 0.5) is 10.1 Å². The third-order valence-electron chi connectivity index (χ3n) is 2.52. The normalized spacial score (nSPS) is 11.4. The summed E-state index contributed by atoms with van der Waals surface area (Å²) in [5, 5.41) is 5.36. The Morgan fingerprint density at radius 1 is 1.35 bits per heavy atom. The average Bonchev–Trinajstić information content (AvgIpc) is 2.42. The molecular formula is C13H17FN2O4. The number of carbonyl (C=O) groups excluding carboxylic acids is 2. The fourth-order valence-corrected chi connectivity index (χ4v) is 1.60. The lowest BCUT2D eigenvalue weighted by Gasteiger charge is -2.18. The minimum Gasteiger partial charge on any atom is -0.494 e. The van der Waals surface area contributed by atoms with Gasteiger partial charge in [-0.3, -0.25) is 4.79 Å². The summed E-state index contributed by atoms with van der Waals surface area (Å²) in [6.07, 6.45) is 0. The van der Waals surface area contributed by atoms with Crippen molar-refractivity contribution in [2.45, 2.75) is 13.0 Å². The summed E-state index contributed by atoms with van der Waals surface area (Å²) in [7, 11) is 2.64. The van der Waals surface area contributed by atoms with Gasteiger partial charge in [0.25, 0.3) is 0 Å². The van der Waals surface area contributed by atoms with E-state index in [1.165, 1.54) is 39.3 Å². The number of methoxy groups -OCH3 is 2. The van der Waals surface area contributed by atoms with E-state index in [4.69, 9.17) is 4.74 Å². The van der Waals surface area contributed by atoms with E-state index in [0.29, 0.717) is 11.4 Å². The summed E-state index contributed by atoms with van der Waals surface area (Å²) in [5.41, 5.74) is 0.508. The summed E-state index contributed by atoms with van der Waals surface area (Å²) in [6, 6.07) is 3.12. The molecule has 0 heterocycles. The van der Waals surface area contributed by atoms with Crippen molar-refractivity contribution in [3.8, 4) is 5.75 Å². The fourth-order valence-electron chi connectivity index (χ4n) is 1.60. The number of halogens is 1. The molecule has 1 atom stereocenters. The maximum Gasteiger partial charge on any atom is 0.330 e. The molecule has 110 valence electrons. The molecule has 2 N–H and O–H groups in total. The quantitative estimate of drug-likeness (QED) is 0.760. The Balaban J connectivity index is 2.76. The number of amides is 1. The molecule has 0 saturated carbocycles. The lowest BCUT2D eigenvalue weighted by molar-refractivity contribution is -0.144.